The van der Waals surface area contributed by atoms with E-state index in [9.17, 15) is 9.59 Å². The summed E-state index contributed by atoms with van der Waals surface area (Å²) in [7, 11) is 0. The van der Waals surface area contributed by atoms with E-state index in [2.05, 4.69) is 5.32 Å². The molecule has 2 N–H and O–H groups in total. The van der Waals surface area contributed by atoms with Crippen molar-refractivity contribution in [1.82, 2.24) is 10.2 Å². The molecule has 0 aromatic carbocycles. The third kappa shape index (κ3) is 4.29. The van der Waals surface area contributed by atoms with Gasteiger partial charge in [-0.1, -0.05) is 13.8 Å². The van der Waals surface area contributed by atoms with Crippen molar-refractivity contribution in [2.75, 3.05) is 13.1 Å². The number of amides is 1. The Bertz CT molecular complexity index is 294. The molecule has 0 aliphatic carbocycles. The van der Waals surface area contributed by atoms with Gasteiger partial charge >= 0.3 is 5.97 Å². The fraction of sp³-hybridized carbons (Fsp3) is 0.846. The van der Waals surface area contributed by atoms with Crippen LogP contribution in [0.15, 0.2) is 0 Å². The van der Waals surface area contributed by atoms with Crippen molar-refractivity contribution in [3.05, 3.63) is 0 Å². The number of carboxylic acid groups (broad SMARTS) is 1. The van der Waals surface area contributed by atoms with Crippen LogP contribution >= 0.6 is 0 Å². The van der Waals surface area contributed by atoms with Crippen LogP contribution in [0.4, 0.5) is 0 Å². The molecule has 2 atom stereocenters. The van der Waals surface area contributed by atoms with E-state index in [4.69, 9.17) is 5.11 Å². The minimum atomic E-state index is -0.766. The highest BCUT2D eigenvalue weighted by Gasteiger charge is 2.29. The zero-order valence-corrected chi connectivity index (χ0v) is 11.3. The molecule has 0 bridgehead atoms. The molecular formula is C13H24N2O3. The second-order valence-electron chi connectivity index (χ2n) is 4.91. The summed E-state index contributed by atoms with van der Waals surface area (Å²) in [6.07, 6.45) is 3.88. The van der Waals surface area contributed by atoms with E-state index in [0.717, 1.165) is 25.8 Å². The monoisotopic (exact) mass is 256 g/mol. The molecule has 0 aromatic heterocycles. The highest BCUT2D eigenvalue weighted by atomic mass is 16.4. The number of nitrogens with one attached hydrogen (secondary N) is 1. The van der Waals surface area contributed by atoms with Gasteiger partial charge in [0, 0.05) is 19.0 Å². The lowest BCUT2D eigenvalue weighted by atomic mass is 10.0. The van der Waals surface area contributed by atoms with Crippen LogP contribution in [0.2, 0.25) is 0 Å². The summed E-state index contributed by atoms with van der Waals surface area (Å²) >= 11 is 0. The largest absolute Gasteiger partial charge is 0.480 e. The van der Waals surface area contributed by atoms with Crippen LogP contribution in [0.3, 0.4) is 0 Å². The highest BCUT2D eigenvalue weighted by Crippen LogP contribution is 2.15. The second-order valence-corrected chi connectivity index (χ2v) is 4.91. The third-order valence-corrected chi connectivity index (χ3v) is 3.41. The van der Waals surface area contributed by atoms with E-state index < -0.39 is 12.0 Å². The van der Waals surface area contributed by atoms with Crippen LogP contribution in [0.25, 0.3) is 0 Å². The summed E-state index contributed by atoms with van der Waals surface area (Å²) in [4.78, 5) is 24.7. The minimum Gasteiger partial charge on any atom is -0.480 e. The molecule has 1 aliphatic rings. The van der Waals surface area contributed by atoms with Crippen molar-refractivity contribution in [2.45, 2.75) is 58.0 Å². The lowest BCUT2D eigenvalue weighted by Crippen LogP contribution is -2.52. The molecule has 1 rings (SSSR count). The molecule has 1 aliphatic heterocycles. The van der Waals surface area contributed by atoms with Crippen molar-refractivity contribution in [2.24, 2.45) is 0 Å². The molecule has 0 unspecified atom stereocenters. The van der Waals surface area contributed by atoms with E-state index in [0.29, 0.717) is 19.4 Å². The van der Waals surface area contributed by atoms with Crippen molar-refractivity contribution >= 4 is 11.9 Å². The topological polar surface area (TPSA) is 69.6 Å². The van der Waals surface area contributed by atoms with Gasteiger partial charge in [0.25, 0.3) is 0 Å². The smallest absolute Gasteiger partial charge is 0.320 e. The van der Waals surface area contributed by atoms with Gasteiger partial charge in [-0.05, 0) is 32.2 Å². The van der Waals surface area contributed by atoms with Crippen molar-refractivity contribution < 1.29 is 14.7 Å². The summed E-state index contributed by atoms with van der Waals surface area (Å²) in [6.45, 7) is 5.33. The first-order valence-electron chi connectivity index (χ1n) is 6.84. The Kier molecular flexibility index (Phi) is 6.12. The molecule has 18 heavy (non-hydrogen) atoms. The third-order valence-electron chi connectivity index (χ3n) is 3.41. The van der Waals surface area contributed by atoms with Gasteiger partial charge in [0.1, 0.15) is 6.04 Å². The molecule has 104 valence electrons. The zero-order valence-electron chi connectivity index (χ0n) is 11.3. The van der Waals surface area contributed by atoms with Crippen LogP contribution in [0.1, 0.15) is 46.0 Å². The number of likely N-dealkylation sites (tertiary alicyclic amines) is 1. The first kappa shape index (κ1) is 15.0. The Morgan fingerprint density at radius 2 is 2.17 bits per heavy atom. The number of hydrogen-bond acceptors (Lipinski definition) is 3. The van der Waals surface area contributed by atoms with Crippen LogP contribution in [-0.4, -0.2) is 47.1 Å². The number of piperidine rings is 1. The van der Waals surface area contributed by atoms with E-state index in [1.54, 1.807) is 0 Å². The molecule has 1 amide bonds. The lowest BCUT2D eigenvalue weighted by molar-refractivity contribution is -0.144. The average molecular weight is 256 g/mol. The molecule has 1 heterocycles. The number of carbonyl (C=O) groups excluding carboxylic acids is 1. The Balaban J connectivity index is 2.49. The Hall–Kier alpha value is -1.10. The number of hydrogen-bond donors (Lipinski definition) is 2. The minimum absolute atomic E-state index is 0.0766. The van der Waals surface area contributed by atoms with Gasteiger partial charge in [-0.25, -0.2) is 0 Å². The molecule has 1 fully saturated rings. The molecular weight excluding hydrogens is 232 g/mol. The molecule has 1 saturated heterocycles. The molecule has 0 radical (unpaired) electrons. The van der Waals surface area contributed by atoms with Gasteiger partial charge in [0.15, 0.2) is 0 Å². The lowest BCUT2D eigenvalue weighted by Gasteiger charge is -2.36. The Morgan fingerprint density at radius 3 is 2.72 bits per heavy atom. The van der Waals surface area contributed by atoms with Gasteiger partial charge in [-0.15, -0.1) is 0 Å². The second kappa shape index (κ2) is 7.36. The average Bonchev–Trinajstić information content (AvgIpc) is 2.30. The zero-order chi connectivity index (χ0) is 13.5. The SMILES string of the molecule is CCCC(=O)N[C@@H]1CCCN([C@@H](CC)C(=O)O)C1. The van der Waals surface area contributed by atoms with Gasteiger partial charge in [-0.3, -0.25) is 14.5 Å². The molecule has 0 aromatic rings. The van der Waals surface area contributed by atoms with Crippen molar-refractivity contribution in [3.63, 3.8) is 0 Å². The van der Waals surface area contributed by atoms with Crippen LogP contribution in [-0.2, 0) is 9.59 Å². The summed E-state index contributed by atoms with van der Waals surface area (Å²) in [5, 5.41) is 12.1. The maximum absolute atomic E-state index is 11.5. The van der Waals surface area contributed by atoms with Crippen molar-refractivity contribution in [1.29, 1.82) is 0 Å². The first-order valence-corrected chi connectivity index (χ1v) is 6.84. The van der Waals surface area contributed by atoms with Crippen LogP contribution in [0.5, 0.6) is 0 Å². The predicted molar refractivity (Wildman–Crippen MR) is 69.4 cm³/mol. The van der Waals surface area contributed by atoms with Gasteiger partial charge in [-0.2, -0.15) is 0 Å². The molecule has 0 spiro atoms. The fourth-order valence-corrected chi connectivity index (χ4v) is 2.52. The summed E-state index contributed by atoms with van der Waals surface area (Å²) in [5.74, 6) is -0.689. The van der Waals surface area contributed by atoms with E-state index >= 15 is 0 Å². The van der Waals surface area contributed by atoms with Crippen LogP contribution in [0, 0.1) is 0 Å². The number of nitrogens with zero attached hydrogens (tertiary/aromatic N) is 1. The molecule has 5 nitrogen and oxygen atoms in total. The highest BCUT2D eigenvalue weighted by molar-refractivity contribution is 5.76. The van der Waals surface area contributed by atoms with E-state index in [-0.39, 0.29) is 11.9 Å². The number of aliphatic carboxylic acids is 1. The van der Waals surface area contributed by atoms with Gasteiger partial charge in [0.05, 0.1) is 0 Å². The van der Waals surface area contributed by atoms with Gasteiger partial charge in [0.2, 0.25) is 5.91 Å². The summed E-state index contributed by atoms with van der Waals surface area (Å²) in [6, 6.07) is -0.318. The molecule has 5 heteroatoms. The number of carbonyl (C=O) groups is 2. The fourth-order valence-electron chi connectivity index (χ4n) is 2.52. The van der Waals surface area contributed by atoms with E-state index in [1.807, 2.05) is 18.7 Å². The van der Waals surface area contributed by atoms with Crippen molar-refractivity contribution in [3.8, 4) is 0 Å². The maximum Gasteiger partial charge on any atom is 0.320 e. The standard InChI is InChI=1S/C13H24N2O3/c1-3-6-12(16)14-10-7-5-8-15(9-10)11(4-2)13(17)18/h10-11H,3-9H2,1-2H3,(H,14,16)(H,17,18)/t10-,11+/m1/s1. The van der Waals surface area contributed by atoms with Crippen LogP contribution < -0.4 is 5.32 Å². The summed E-state index contributed by atoms with van der Waals surface area (Å²) in [5.41, 5.74) is 0. The van der Waals surface area contributed by atoms with Gasteiger partial charge < -0.3 is 10.4 Å². The maximum atomic E-state index is 11.5. The number of carboxylic acids is 1. The Morgan fingerprint density at radius 1 is 1.44 bits per heavy atom. The summed E-state index contributed by atoms with van der Waals surface area (Å²) < 4.78 is 0. The number of rotatable bonds is 6. The van der Waals surface area contributed by atoms with E-state index in [1.165, 1.54) is 0 Å². The Labute approximate surface area is 109 Å². The quantitative estimate of drug-likeness (QED) is 0.750. The predicted octanol–water partition coefficient (Wildman–Crippen LogP) is 1.23. The molecule has 0 saturated carbocycles. The first-order chi connectivity index (χ1) is 8.58. The normalized spacial score (nSPS) is 22.4.